The van der Waals surface area contributed by atoms with Crippen molar-refractivity contribution >= 4 is 43.6 Å². The summed E-state index contributed by atoms with van der Waals surface area (Å²) in [7, 11) is -9.22. The van der Waals surface area contributed by atoms with Crippen LogP contribution in [0, 0.1) is 0 Å². The lowest BCUT2D eigenvalue weighted by atomic mass is 10.1. The number of fused-ring (bicyclic) bond motifs is 1. The quantitative estimate of drug-likeness (QED) is 0.573. The van der Waals surface area contributed by atoms with Gasteiger partial charge >= 0.3 is 0 Å². The summed E-state index contributed by atoms with van der Waals surface area (Å²) in [6.07, 6.45) is 0. The van der Waals surface area contributed by atoms with E-state index in [2.05, 4.69) is 12.6 Å². The lowest BCUT2D eigenvalue weighted by Crippen LogP contribution is -2.04. The van der Waals surface area contributed by atoms with Crippen LogP contribution >= 0.6 is 12.6 Å². The fourth-order valence-electron chi connectivity index (χ4n) is 1.66. The van der Waals surface area contributed by atoms with Crippen LogP contribution < -0.4 is 0 Å². The maximum Gasteiger partial charge on any atom is 0.295 e. The van der Waals surface area contributed by atoms with Crippen molar-refractivity contribution in [2.24, 2.45) is 0 Å². The van der Waals surface area contributed by atoms with Gasteiger partial charge in [-0.2, -0.15) is 16.8 Å². The van der Waals surface area contributed by atoms with E-state index in [9.17, 15) is 16.8 Å². The van der Waals surface area contributed by atoms with Gasteiger partial charge < -0.3 is 0 Å². The van der Waals surface area contributed by atoms with E-state index in [0.717, 1.165) is 6.07 Å². The summed E-state index contributed by atoms with van der Waals surface area (Å²) >= 11 is 4.05. The van der Waals surface area contributed by atoms with Gasteiger partial charge in [0.05, 0.1) is 4.90 Å². The number of benzene rings is 2. The molecule has 2 rings (SSSR count). The monoisotopic (exact) mass is 320 g/mol. The Kier molecular flexibility index (Phi) is 3.35. The third-order valence-electron chi connectivity index (χ3n) is 2.45. The van der Waals surface area contributed by atoms with E-state index in [1.165, 1.54) is 18.2 Å². The lowest BCUT2D eigenvalue weighted by molar-refractivity contribution is 0.482. The van der Waals surface area contributed by atoms with Gasteiger partial charge in [-0.1, -0.05) is 6.07 Å². The largest absolute Gasteiger partial charge is 0.295 e. The van der Waals surface area contributed by atoms with E-state index in [0.29, 0.717) is 11.0 Å². The van der Waals surface area contributed by atoms with Crippen LogP contribution in [0.1, 0.15) is 0 Å². The van der Waals surface area contributed by atoms with Crippen LogP contribution in [-0.4, -0.2) is 25.9 Å². The summed E-state index contributed by atoms with van der Waals surface area (Å²) in [6, 6.07) is 6.09. The number of hydrogen-bond donors (Lipinski definition) is 3. The predicted octanol–water partition coefficient (Wildman–Crippen LogP) is 1.62. The maximum atomic E-state index is 11.3. The standard InChI is InChI=1S/C10H8O6S3/c11-18(12,13)8-4-6-3-7(17)1-2-9(6)10(5-8)19(14,15)16/h1-5,17H,(H,11,12,13)(H,14,15,16). The van der Waals surface area contributed by atoms with Gasteiger partial charge in [0.1, 0.15) is 4.90 Å². The summed E-state index contributed by atoms with van der Waals surface area (Å²) in [4.78, 5) is -0.737. The smallest absolute Gasteiger partial charge is 0.282 e. The highest BCUT2D eigenvalue weighted by Gasteiger charge is 2.20. The second-order valence-electron chi connectivity index (χ2n) is 3.78. The predicted molar refractivity (Wildman–Crippen MR) is 70.8 cm³/mol. The molecule has 0 aliphatic rings. The molecule has 0 aliphatic carbocycles. The molecule has 0 heterocycles. The molecule has 0 unspecified atom stereocenters. The minimum Gasteiger partial charge on any atom is -0.282 e. The number of thiol groups is 1. The molecule has 0 fully saturated rings. The normalized spacial score (nSPS) is 12.8. The van der Waals surface area contributed by atoms with Crippen LogP contribution in [0.3, 0.4) is 0 Å². The van der Waals surface area contributed by atoms with Crippen molar-refractivity contribution in [3.8, 4) is 0 Å². The van der Waals surface area contributed by atoms with Crippen LogP contribution in [0.5, 0.6) is 0 Å². The van der Waals surface area contributed by atoms with Crippen LogP contribution in [0.2, 0.25) is 0 Å². The van der Waals surface area contributed by atoms with Crippen LogP contribution in [-0.2, 0) is 20.2 Å². The van der Waals surface area contributed by atoms with E-state index in [1.54, 1.807) is 0 Å². The fourth-order valence-corrected chi connectivity index (χ4v) is 3.23. The van der Waals surface area contributed by atoms with Crippen molar-refractivity contribution in [3.63, 3.8) is 0 Å². The fraction of sp³-hybridized carbons (Fsp3) is 0. The highest BCUT2D eigenvalue weighted by molar-refractivity contribution is 7.86. The molecular formula is C10H8O6S3. The molecule has 0 spiro atoms. The molecule has 9 heteroatoms. The van der Waals surface area contributed by atoms with Crippen molar-refractivity contribution in [2.45, 2.75) is 14.7 Å². The Balaban J connectivity index is 3.01. The minimum absolute atomic E-state index is 0.132. The van der Waals surface area contributed by atoms with Gasteiger partial charge in [-0.3, -0.25) is 9.11 Å². The minimum atomic E-state index is -4.63. The molecule has 2 N–H and O–H groups in total. The molecule has 0 aromatic heterocycles. The molecule has 0 radical (unpaired) electrons. The molecule has 2 aromatic rings. The Bertz CT molecular complexity index is 868. The average Bonchev–Trinajstić information content (AvgIpc) is 2.24. The van der Waals surface area contributed by atoms with Gasteiger partial charge in [-0.25, -0.2) is 0 Å². The van der Waals surface area contributed by atoms with E-state index in [1.807, 2.05) is 0 Å². The lowest BCUT2D eigenvalue weighted by Gasteiger charge is -2.07. The highest BCUT2D eigenvalue weighted by Crippen LogP contribution is 2.28. The Labute approximate surface area is 115 Å². The Morgan fingerprint density at radius 2 is 1.53 bits per heavy atom. The summed E-state index contributed by atoms with van der Waals surface area (Å²) < 4.78 is 62.9. The molecule has 0 aliphatic heterocycles. The SMILES string of the molecule is O=S(=O)(O)c1cc(S(=O)(=O)O)c2ccc(S)cc2c1. The third-order valence-corrected chi connectivity index (χ3v) is 4.45. The number of hydrogen-bond acceptors (Lipinski definition) is 5. The molecule has 0 atom stereocenters. The van der Waals surface area contributed by atoms with Crippen LogP contribution in [0.4, 0.5) is 0 Å². The van der Waals surface area contributed by atoms with Gasteiger partial charge in [0, 0.05) is 10.3 Å². The van der Waals surface area contributed by atoms with Crippen molar-refractivity contribution in [1.82, 2.24) is 0 Å². The second-order valence-corrected chi connectivity index (χ2v) is 7.10. The highest BCUT2D eigenvalue weighted by atomic mass is 32.2. The average molecular weight is 320 g/mol. The molecule has 0 amide bonds. The zero-order valence-corrected chi connectivity index (χ0v) is 11.7. The first-order valence-electron chi connectivity index (χ1n) is 4.81. The molecular weight excluding hydrogens is 312 g/mol. The third kappa shape index (κ3) is 2.90. The Morgan fingerprint density at radius 1 is 0.895 bits per heavy atom. The number of rotatable bonds is 2. The Hall–Kier alpha value is -1.13. The molecule has 0 bridgehead atoms. The summed E-state index contributed by atoms with van der Waals surface area (Å²) in [5.41, 5.74) is 0. The van der Waals surface area contributed by atoms with Crippen molar-refractivity contribution in [3.05, 3.63) is 30.3 Å². The first-order valence-corrected chi connectivity index (χ1v) is 8.13. The molecule has 2 aromatic carbocycles. The van der Waals surface area contributed by atoms with Gasteiger partial charge in [0.15, 0.2) is 0 Å². The molecule has 6 nitrogen and oxygen atoms in total. The van der Waals surface area contributed by atoms with E-state index < -0.39 is 30.0 Å². The molecule has 0 saturated carbocycles. The van der Waals surface area contributed by atoms with Crippen LogP contribution in [0.25, 0.3) is 10.8 Å². The summed E-state index contributed by atoms with van der Waals surface area (Å²) in [6.45, 7) is 0. The second kappa shape index (κ2) is 4.46. The first-order chi connectivity index (χ1) is 8.59. The van der Waals surface area contributed by atoms with Gasteiger partial charge in [0.25, 0.3) is 20.2 Å². The molecule has 19 heavy (non-hydrogen) atoms. The van der Waals surface area contributed by atoms with Crippen molar-refractivity contribution in [2.75, 3.05) is 0 Å². The van der Waals surface area contributed by atoms with E-state index in [4.69, 9.17) is 9.11 Å². The Morgan fingerprint density at radius 3 is 2.05 bits per heavy atom. The zero-order chi connectivity index (χ0) is 14.4. The van der Waals surface area contributed by atoms with Gasteiger partial charge in [-0.15, -0.1) is 12.6 Å². The zero-order valence-electron chi connectivity index (χ0n) is 9.18. The van der Waals surface area contributed by atoms with Crippen molar-refractivity contribution in [1.29, 1.82) is 0 Å². The molecule has 0 saturated heterocycles. The first kappa shape index (κ1) is 14.3. The van der Waals surface area contributed by atoms with Gasteiger partial charge in [0.2, 0.25) is 0 Å². The molecule has 102 valence electrons. The van der Waals surface area contributed by atoms with Crippen molar-refractivity contribution < 1.29 is 25.9 Å². The van der Waals surface area contributed by atoms with Gasteiger partial charge in [-0.05, 0) is 29.7 Å². The van der Waals surface area contributed by atoms with E-state index in [-0.39, 0.29) is 10.8 Å². The summed E-state index contributed by atoms with van der Waals surface area (Å²) in [5, 5.41) is 0.350. The summed E-state index contributed by atoms with van der Waals surface area (Å²) in [5.74, 6) is 0. The van der Waals surface area contributed by atoms with E-state index >= 15 is 0 Å². The van der Waals surface area contributed by atoms with Crippen LogP contribution in [0.15, 0.2) is 45.0 Å². The topological polar surface area (TPSA) is 109 Å². The maximum absolute atomic E-state index is 11.3.